The van der Waals surface area contributed by atoms with Gasteiger partial charge in [0, 0.05) is 24.7 Å². The van der Waals surface area contributed by atoms with Crippen molar-refractivity contribution in [2.45, 2.75) is 18.9 Å². The van der Waals surface area contributed by atoms with Gasteiger partial charge in [-0.15, -0.1) is 0 Å². The molecule has 1 aromatic heterocycles. The molecule has 0 unspecified atom stereocenters. The summed E-state index contributed by atoms with van der Waals surface area (Å²) < 4.78 is 8.73. The van der Waals surface area contributed by atoms with Gasteiger partial charge in [-0.05, 0) is 30.4 Å². The molecule has 5 heteroatoms. The van der Waals surface area contributed by atoms with Gasteiger partial charge in [-0.3, -0.25) is 0 Å². The first kappa shape index (κ1) is 12.4. The number of rotatable bonds is 3. The highest BCUT2D eigenvalue weighted by atomic mass is 32.1. The number of benzene rings is 1. The molecule has 2 heterocycles. The minimum absolute atomic E-state index is 0.246. The molecule has 1 aliphatic heterocycles. The van der Waals surface area contributed by atoms with E-state index >= 15 is 0 Å². The summed E-state index contributed by atoms with van der Waals surface area (Å²) in [6.45, 7) is 1.28. The fourth-order valence-corrected chi connectivity index (χ4v) is 2.96. The van der Waals surface area contributed by atoms with Crippen molar-refractivity contribution in [2.75, 3.05) is 13.2 Å². The second kappa shape index (κ2) is 5.19. The van der Waals surface area contributed by atoms with Crippen molar-refractivity contribution in [1.82, 2.24) is 9.55 Å². The summed E-state index contributed by atoms with van der Waals surface area (Å²) in [6, 6.07) is 8.42. The largest absolute Gasteiger partial charge is 0.491 e. The standard InChI is InChI=1S/C14H17N3OS/c15-6-5-11-8-16-14(19)17(11)12-7-10-3-1-2-4-13(10)18-9-12/h1-4,8,12H,5-7,9,15H2,(H,16,19)/t12-/m1/s1. The summed E-state index contributed by atoms with van der Waals surface area (Å²) >= 11 is 5.38. The lowest BCUT2D eigenvalue weighted by Crippen LogP contribution is -2.26. The van der Waals surface area contributed by atoms with Crippen LogP contribution in [0.2, 0.25) is 0 Å². The van der Waals surface area contributed by atoms with Crippen LogP contribution >= 0.6 is 12.2 Å². The summed E-state index contributed by atoms with van der Waals surface area (Å²) in [7, 11) is 0. The number of ether oxygens (including phenoxy) is 1. The van der Waals surface area contributed by atoms with Crippen LogP contribution in [0.25, 0.3) is 0 Å². The van der Waals surface area contributed by atoms with Gasteiger partial charge in [0.15, 0.2) is 4.77 Å². The second-order valence-corrected chi connectivity index (χ2v) is 5.16. The van der Waals surface area contributed by atoms with Gasteiger partial charge in [0.2, 0.25) is 0 Å². The van der Waals surface area contributed by atoms with Gasteiger partial charge in [0.1, 0.15) is 12.4 Å². The number of nitrogens with zero attached hydrogens (tertiary/aromatic N) is 1. The Balaban J connectivity index is 1.93. The van der Waals surface area contributed by atoms with Crippen molar-refractivity contribution in [3.8, 4) is 5.75 Å². The normalized spacial score (nSPS) is 17.8. The van der Waals surface area contributed by atoms with E-state index in [2.05, 4.69) is 15.6 Å². The molecule has 0 spiro atoms. The number of H-pyrrole nitrogens is 1. The van der Waals surface area contributed by atoms with Crippen molar-refractivity contribution in [1.29, 1.82) is 0 Å². The van der Waals surface area contributed by atoms with Crippen LogP contribution in [0, 0.1) is 4.77 Å². The first-order chi connectivity index (χ1) is 9.29. The van der Waals surface area contributed by atoms with Gasteiger partial charge in [-0.25, -0.2) is 0 Å². The Kier molecular flexibility index (Phi) is 3.40. The van der Waals surface area contributed by atoms with Crippen molar-refractivity contribution < 1.29 is 4.74 Å². The lowest BCUT2D eigenvalue weighted by molar-refractivity contribution is 0.220. The van der Waals surface area contributed by atoms with E-state index in [1.54, 1.807) is 0 Å². The summed E-state index contributed by atoms with van der Waals surface area (Å²) in [6.07, 6.45) is 3.72. The maximum absolute atomic E-state index is 5.84. The lowest BCUT2D eigenvalue weighted by Gasteiger charge is -2.27. The average molecular weight is 275 g/mol. The Labute approximate surface area is 117 Å². The summed E-state index contributed by atoms with van der Waals surface area (Å²) in [5.41, 5.74) is 8.04. The molecule has 0 saturated carbocycles. The number of hydrogen-bond acceptors (Lipinski definition) is 3. The zero-order chi connectivity index (χ0) is 13.2. The molecule has 3 rings (SSSR count). The molecule has 1 aromatic carbocycles. The topological polar surface area (TPSA) is 56.0 Å². The van der Waals surface area contributed by atoms with Crippen LogP contribution in [0.4, 0.5) is 0 Å². The number of hydrogen-bond donors (Lipinski definition) is 2. The number of nitrogens with two attached hydrogens (primary N) is 1. The van der Waals surface area contributed by atoms with Crippen LogP contribution in [-0.4, -0.2) is 22.7 Å². The van der Waals surface area contributed by atoms with E-state index in [1.165, 1.54) is 5.56 Å². The fourth-order valence-electron chi connectivity index (χ4n) is 2.63. The van der Waals surface area contributed by atoms with E-state index in [0.29, 0.717) is 13.2 Å². The van der Waals surface area contributed by atoms with E-state index in [4.69, 9.17) is 22.7 Å². The Morgan fingerprint density at radius 3 is 3.11 bits per heavy atom. The maximum atomic E-state index is 5.84. The average Bonchev–Trinajstić information content (AvgIpc) is 2.80. The Bertz CT molecular complexity index is 632. The number of aromatic amines is 1. The van der Waals surface area contributed by atoms with Crippen molar-refractivity contribution >= 4 is 12.2 Å². The fraction of sp³-hybridized carbons (Fsp3) is 0.357. The Morgan fingerprint density at radius 1 is 1.42 bits per heavy atom. The third-order valence-electron chi connectivity index (χ3n) is 3.52. The molecule has 19 heavy (non-hydrogen) atoms. The van der Waals surface area contributed by atoms with Gasteiger partial charge in [-0.1, -0.05) is 18.2 Å². The molecule has 0 amide bonds. The molecule has 4 nitrogen and oxygen atoms in total. The number of nitrogens with one attached hydrogen (secondary N) is 1. The van der Waals surface area contributed by atoms with Gasteiger partial charge >= 0.3 is 0 Å². The van der Waals surface area contributed by atoms with Gasteiger partial charge < -0.3 is 20.0 Å². The van der Waals surface area contributed by atoms with E-state index in [9.17, 15) is 0 Å². The van der Waals surface area contributed by atoms with Gasteiger partial charge in [0.05, 0.1) is 6.04 Å². The third-order valence-corrected chi connectivity index (χ3v) is 3.83. The number of imidazole rings is 1. The second-order valence-electron chi connectivity index (χ2n) is 4.77. The predicted octanol–water partition coefficient (Wildman–Crippen LogP) is 2.22. The zero-order valence-electron chi connectivity index (χ0n) is 10.6. The monoisotopic (exact) mass is 275 g/mol. The molecule has 0 saturated heterocycles. The minimum atomic E-state index is 0.246. The molecular formula is C14H17N3OS. The van der Waals surface area contributed by atoms with Crippen LogP contribution in [-0.2, 0) is 12.8 Å². The molecule has 0 radical (unpaired) electrons. The highest BCUT2D eigenvalue weighted by molar-refractivity contribution is 7.71. The highest BCUT2D eigenvalue weighted by Crippen LogP contribution is 2.30. The molecule has 1 atom stereocenters. The quantitative estimate of drug-likeness (QED) is 0.845. The Morgan fingerprint density at radius 2 is 2.26 bits per heavy atom. The van der Waals surface area contributed by atoms with E-state index in [1.807, 2.05) is 24.4 Å². The maximum Gasteiger partial charge on any atom is 0.177 e. The molecular weight excluding hydrogens is 258 g/mol. The predicted molar refractivity (Wildman–Crippen MR) is 77.1 cm³/mol. The SMILES string of the molecule is NCCc1c[nH]c(=S)n1[C@H]1COc2ccccc2C1. The summed E-state index contributed by atoms with van der Waals surface area (Å²) in [5, 5.41) is 0. The van der Waals surface area contributed by atoms with Crippen molar-refractivity contribution in [3.63, 3.8) is 0 Å². The van der Waals surface area contributed by atoms with E-state index < -0.39 is 0 Å². The molecule has 1 aliphatic rings. The minimum Gasteiger partial charge on any atom is -0.491 e. The number of fused-ring (bicyclic) bond motifs is 1. The van der Waals surface area contributed by atoms with Crippen LogP contribution in [0.5, 0.6) is 5.75 Å². The first-order valence-electron chi connectivity index (χ1n) is 6.49. The van der Waals surface area contributed by atoms with E-state index in [-0.39, 0.29) is 6.04 Å². The third kappa shape index (κ3) is 2.31. The van der Waals surface area contributed by atoms with Crippen LogP contribution in [0.15, 0.2) is 30.5 Å². The van der Waals surface area contributed by atoms with Gasteiger partial charge in [-0.2, -0.15) is 0 Å². The number of aromatic nitrogens is 2. The molecule has 3 N–H and O–H groups in total. The molecule has 100 valence electrons. The van der Waals surface area contributed by atoms with Crippen LogP contribution < -0.4 is 10.5 Å². The van der Waals surface area contributed by atoms with Crippen molar-refractivity contribution in [2.24, 2.45) is 5.73 Å². The lowest BCUT2D eigenvalue weighted by atomic mass is 10.0. The first-order valence-corrected chi connectivity index (χ1v) is 6.90. The summed E-state index contributed by atoms with van der Waals surface area (Å²) in [5.74, 6) is 0.987. The molecule has 0 bridgehead atoms. The van der Waals surface area contributed by atoms with E-state index in [0.717, 1.165) is 29.1 Å². The molecule has 0 fully saturated rings. The van der Waals surface area contributed by atoms with Crippen LogP contribution in [0.1, 0.15) is 17.3 Å². The Hall–Kier alpha value is -1.59. The van der Waals surface area contributed by atoms with Crippen LogP contribution in [0.3, 0.4) is 0 Å². The molecule has 2 aromatic rings. The zero-order valence-corrected chi connectivity index (χ0v) is 11.5. The summed E-state index contributed by atoms with van der Waals surface area (Å²) in [4.78, 5) is 3.11. The van der Waals surface area contributed by atoms with Gasteiger partial charge in [0.25, 0.3) is 0 Å². The molecule has 0 aliphatic carbocycles. The smallest absolute Gasteiger partial charge is 0.177 e. The van der Waals surface area contributed by atoms with Crippen molar-refractivity contribution in [3.05, 3.63) is 46.5 Å². The number of para-hydroxylation sites is 1. The highest BCUT2D eigenvalue weighted by Gasteiger charge is 2.23.